The van der Waals surface area contributed by atoms with Crippen LogP contribution in [0.1, 0.15) is 30.1 Å². The summed E-state index contributed by atoms with van der Waals surface area (Å²) in [6.45, 7) is 2.40. The fourth-order valence-corrected chi connectivity index (χ4v) is 4.17. The van der Waals surface area contributed by atoms with E-state index in [1.807, 2.05) is 0 Å². The molecule has 1 saturated heterocycles. The van der Waals surface area contributed by atoms with Crippen molar-refractivity contribution in [1.82, 2.24) is 4.98 Å². The van der Waals surface area contributed by atoms with E-state index >= 15 is 0 Å². The number of pyridine rings is 1. The van der Waals surface area contributed by atoms with Crippen LogP contribution in [0, 0.1) is 0 Å². The molecule has 10 heteroatoms. The Kier molecular flexibility index (Phi) is 6.02. The van der Waals surface area contributed by atoms with Gasteiger partial charge in [0.2, 0.25) is 5.91 Å². The van der Waals surface area contributed by atoms with Gasteiger partial charge in [-0.3, -0.25) is 9.52 Å². The number of esters is 1. The van der Waals surface area contributed by atoms with Crippen molar-refractivity contribution >= 4 is 33.4 Å². The lowest BCUT2D eigenvalue weighted by Gasteiger charge is -2.18. The Morgan fingerprint density at radius 3 is 2.72 bits per heavy atom. The molecule has 0 aliphatic carbocycles. The van der Waals surface area contributed by atoms with Crippen LogP contribution in [0.2, 0.25) is 0 Å². The molecule has 1 amide bonds. The number of carbonyl (C=O) groups is 2. The van der Waals surface area contributed by atoms with Crippen molar-refractivity contribution in [2.75, 3.05) is 29.9 Å². The smallest absolute Gasteiger partial charge is 0.338 e. The molecule has 0 saturated carbocycles. The summed E-state index contributed by atoms with van der Waals surface area (Å²) in [7, 11) is -2.75. The Bertz CT molecular complexity index is 1040. The van der Waals surface area contributed by atoms with Crippen molar-refractivity contribution in [3.05, 3.63) is 42.1 Å². The van der Waals surface area contributed by atoms with Crippen LogP contribution in [0.15, 0.2) is 41.4 Å². The summed E-state index contributed by atoms with van der Waals surface area (Å²) >= 11 is 0. The zero-order valence-corrected chi connectivity index (χ0v) is 16.9. The molecular weight excluding hydrogens is 398 g/mol. The number of sulfonamides is 1. The van der Waals surface area contributed by atoms with Gasteiger partial charge in [-0.1, -0.05) is 0 Å². The normalized spacial score (nSPS) is 14.0. The minimum atomic E-state index is -4.11. The quantitative estimate of drug-likeness (QED) is 0.684. The highest BCUT2D eigenvalue weighted by Crippen LogP contribution is 2.32. The monoisotopic (exact) mass is 419 g/mol. The lowest BCUT2D eigenvalue weighted by Crippen LogP contribution is -2.24. The molecule has 1 aromatic carbocycles. The molecule has 0 atom stereocenters. The van der Waals surface area contributed by atoms with Gasteiger partial charge >= 0.3 is 5.97 Å². The first-order chi connectivity index (χ1) is 13.9. The minimum absolute atomic E-state index is 0.0414. The van der Waals surface area contributed by atoms with Gasteiger partial charge in [0.1, 0.15) is 16.5 Å². The molecule has 154 valence electrons. The van der Waals surface area contributed by atoms with Gasteiger partial charge in [-0.2, -0.15) is 0 Å². The zero-order chi connectivity index (χ0) is 21.0. The average Bonchev–Trinajstić information content (AvgIpc) is 3.13. The van der Waals surface area contributed by atoms with Crippen LogP contribution < -0.4 is 14.4 Å². The molecule has 1 aromatic heterocycles. The number of benzene rings is 1. The number of aromatic nitrogens is 1. The van der Waals surface area contributed by atoms with Gasteiger partial charge in [0.25, 0.3) is 10.0 Å². The summed E-state index contributed by atoms with van der Waals surface area (Å²) in [5, 5.41) is 0. The molecule has 0 radical (unpaired) electrons. The lowest BCUT2D eigenvalue weighted by atomic mass is 10.2. The van der Waals surface area contributed by atoms with E-state index in [4.69, 9.17) is 9.47 Å². The van der Waals surface area contributed by atoms with Gasteiger partial charge in [0.15, 0.2) is 0 Å². The Hall–Kier alpha value is -3.14. The second kappa shape index (κ2) is 8.48. The number of methoxy groups -OCH3 is 1. The number of nitrogens with one attached hydrogen (secondary N) is 1. The van der Waals surface area contributed by atoms with Crippen LogP contribution in [-0.4, -0.2) is 45.5 Å². The maximum absolute atomic E-state index is 13.0. The van der Waals surface area contributed by atoms with Crippen molar-refractivity contribution < 1.29 is 27.5 Å². The van der Waals surface area contributed by atoms with Crippen LogP contribution in [0.4, 0.5) is 11.5 Å². The summed E-state index contributed by atoms with van der Waals surface area (Å²) in [4.78, 5) is 29.2. The van der Waals surface area contributed by atoms with E-state index in [-0.39, 0.29) is 34.5 Å². The third-order valence-electron chi connectivity index (χ3n) is 4.33. The maximum atomic E-state index is 13.0. The standard InChI is InChI=1S/C19H21N3O6S/c1-3-28-19(24)13-8-9-20-17(11-13)21-29(25,26)16-12-14(6-7-15(16)27-2)22-10-4-5-18(22)23/h6-9,11-12H,3-5,10H2,1-2H3,(H,20,21). The summed E-state index contributed by atoms with van der Waals surface area (Å²) in [6.07, 6.45) is 2.45. The van der Waals surface area contributed by atoms with E-state index in [0.717, 1.165) is 6.42 Å². The molecule has 3 rings (SSSR count). The second-order valence-electron chi connectivity index (χ2n) is 6.24. The van der Waals surface area contributed by atoms with E-state index in [9.17, 15) is 18.0 Å². The van der Waals surface area contributed by atoms with Crippen molar-refractivity contribution in [3.63, 3.8) is 0 Å². The fourth-order valence-electron chi connectivity index (χ4n) is 2.98. The number of rotatable bonds is 7. The van der Waals surface area contributed by atoms with Crippen molar-refractivity contribution in [3.8, 4) is 5.75 Å². The first-order valence-electron chi connectivity index (χ1n) is 9.00. The molecule has 9 nitrogen and oxygen atoms in total. The third kappa shape index (κ3) is 4.48. The molecule has 0 spiro atoms. The molecule has 1 fully saturated rings. The van der Waals surface area contributed by atoms with Crippen LogP contribution in [0.25, 0.3) is 0 Å². The van der Waals surface area contributed by atoms with E-state index in [1.165, 1.54) is 42.5 Å². The van der Waals surface area contributed by atoms with Gasteiger partial charge in [-0.05, 0) is 43.7 Å². The SMILES string of the molecule is CCOC(=O)c1ccnc(NS(=O)(=O)c2cc(N3CCCC3=O)ccc2OC)c1. The molecule has 2 aromatic rings. The van der Waals surface area contributed by atoms with Gasteiger partial charge < -0.3 is 14.4 Å². The lowest BCUT2D eigenvalue weighted by molar-refractivity contribution is -0.117. The summed E-state index contributed by atoms with van der Waals surface area (Å²) < 4.78 is 38.4. The number of hydrogen-bond acceptors (Lipinski definition) is 7. The molecule has 0 bridgehead atoms. The third-order valence-corrected chi connectivity index (χ3v) is 5.71. The number of nitrogens with zero attached hydrogens (tertiary/aromatic N) is 2. The number of hydrogen-bond donors (Lipinski definition) is 1. The van der Waals surface area contributed by atoms with Crippen molar-refractivity contribution in [1.29, 1.82) is 0 Å². The molecule has 1 aliphatic rings. The summed E-state index contributed by atoms with van der Waals surface area (Å²) in [6, 6.07) is 7.24. The van der Waals surface area contributed by atoms with E-state index < -0.39 is 16.0 Å². The molecule has 0 unspecified atom stereocenters. The Morgan fingerprint density at radius 1 is 1.28 bits per heavy atom. The van der Waals surface area contributed by atoms with Crippen LogP contribution in [-0.2, 0) is 19.6 Å². The molecule has 1 aliphatic heterocycles. The van der Waals surface area contributed by atoms with Crippen molar-refractivity contribution in [2.45, 2.75) is 24.7 Å². The largest absolute Gasteiger partial charge is 0.495 e. The first kappa shape index (κ1) is 20.6. The Morgan fingerprint density at radius 2 is 2.07 bits per heavy atom. The molecule has 1 N–H and O–H groups in total. The highest BCUT2D eigenvalue weighted by molar-refractivity contribution is 7.92. The average molecular weight is 419 g/mol. The zero-order valence-electron chi connectivity index (χ0n) is 16.0. The highest BCUT2D eigenvalue weighted by atomic mass is 32.2. The van der Waals surface area contributed by atoms with E-state index in [2.05, 4.69) is 9.71 Å². The topological polar surface area (TPSA) is 115 Å². The summed E-state index contributed by atoms with van der Waals surface area (Å²) in [5.74, 6) is -0.563. The molecular formula is C19H21N3O6S. The minimum Gasteiger partial charge on any atom is -0.495 e. The van der Waals surface area contributed by atoms with Crippen molar-refractivity contribution in [2.24, 2.45) is 0 Å². The number of ether oxygens (including phenoxy) is 2. The second-order valence-corrected chi connectivity index (χ2v) is 7.89. The molecule has 2 heterocycles. The van der Waals surface area contributed by atoms with Gasteiger partial charge in [0, 0.05) is 24.8 Å². The Balaban J connectivity index is 1.94. The first-order valence-corrected chi connectivity index (χ1v) is 10.5. The summed E-state index contributed by atoms with van der Waals surface area (Å²) in [5.41, 5.74) is 0.643. The van der Waals surface area contributed by atoms with Gasteiger partial charge in [-0.25, -0.2) is 18.2 Å². The number of amides is 1. The van der Waals surface area contributed by atoms with Crippen LogP contribution in [0.3, 0.4) is 0 Å². The fraction of sp³-hybridized carbons (Fsp3) is 0.316. The number of carbonyl (C=O) groups excluding carboxylic acids is 2. The number of anilines is 2. The van der Waals surface area contributed by atoms with Crippen LogP contribution in [0.5, 0.6) is 5.75 Å². The predicted octanol–water partition coefficient (Wildman–Crippen LogP) is 2.19. The molecule has 29 heavy (non-hydrogen) atoms. The predicted molar refractivity (Wildman–Crippen MR) is 106 cm³/mol. The van der Waals surface area contributed by atoms with E-state index in [1.54, 1.807) is 13.0 Å². The van der Waals surface area contributed by atoms with Crippen LogP contribution >= 0.6 is 0 Å². The van der Waals surface area contributed by atoms with E-state index in [0.29, 0.717) is 18.7 Å². The highest BCUT2D eigenvalue weighted by Gasteiger charge is 2.26. The van der Waals surface area contributed by atoms with Gasteiger partial charge in [-0.15, -0.1) is 0 Å². The Labute approximate surface area is 168 Å². The van der Waals surface area contributed by atoms with Gasteiger partial charge in [0.05, 0.1) is 19.3 Å². The maximum Gasteiger partial charge on any atom is 0.338 e.